The minimum atomic E-state index is -1.11. The van der Waals surface area contributed by atoms with E-state index in [4.69, 9.17) is 0 Å². The van der Waals surface area contributed by atoms with Gasteiger partial charge in [-0.05, 0) is 35.7 Å². The monoisotopic (exact) mass is 426 g/mol. The normalized spacial score (nSPS) is 15.9. The van der Waals surface area contributed by atoms with Gasteiger partial charge in [0.25, 0.3) is 11.5 Å². The second-order valence-corrected chi connectivity index (χ2v) is 7.63. The first kappa shape index (κ1) is 19.4. The zero-order chi connectivity index (χ0) is 21.9. The lowest BCUT2D eigenvalue weighted by molar-refractivity contribution is 0.0723. The number of nitrogens with zero attached hydrogens (tertiary/aromatic N) is 2. The highest BCUT2D eigenvalue weighted by atomic mass is 19.2. The van der Waals surface area contributed by atoms with Crippen LogP contribution in [-0.2, 0) is 6.54 Å². The van der Waals surface area contributed by atoms with E-state index in [2.05, 4.69) is 10.3 Å². The van der Waals surface area contributed by atoms with Gasteiger partial charge in [-0.25, -0.2) is 13.2 Å². The summed E-state index contributed by atoms with van der Waals surface area (Å²) in [5.74, 6) is -2.91. The van der Waals surface area contributed by atoms with Crippen LogP contribution in [0.5, 0.6) is 0 Å². The molecular formula is C22H17F3N4O2. The first-order valence-electron chi connectivity index (χ1n) is 9.62. The Hall–Kier alpha value is -3.59. The van der Waals surface area contributed by atoms with Gasteiger partial charge in [0, 0.05) is 49.3 Å². The second kappa shape index (κ2) is 6.98. The molecule has 158 valence electrons. The Balaban J connectivity index is 1.61. The number of rotatable bonds is 2. The van der Waals surface area contributed by atoms with Crippen molar-refractivity contribution in [1.29, 1.82) is 0 Å². The van der Waals surface area contributed by atoms with Crippen molar-refractivity contribution in [3.05, 3.63) is 87.4 Å². The molecule has 1 amide bonds. The molecule has 1 atom stereocenters. The highest BCUT2D eigenvalue weighted by Crippen LogP contribution is 2.32. The summed E-state index contributed by atoms with van der Waals surface area (Å²) in [6, 6.07) is 5.54. The molecule has 4 aromatic rings. The number of benzene rings is 1. The number of hydrogen-bond donors (Lipinski definition) is 2. The van der Waals surface area contributed by atoms with Gasteiger partial charge in [0.15, 0.2) is 11.6 Å². The zero-order valence-electron chi connectivity index (χ0n) is 16.4. The molecule has 1 aliphatic rings. The fraction of sp³-hybridized carbons (Fsp3) is 0.182. The number of halogens is 3. The molecule has 1 aromatic carbocycles. The highest BCUT2D eigenvalue weighted by molar-refractivity contribution is 5.96. The number of pyridine rings is 2. The van der Waals surface area contributed by atoms with Gasteiger partial charge in [0.05, 0.1) is 17.0 Å². The van der Waals surface area contributed by atoms with Crippen LogP contribution in [0.15, 0.2) is 47.5 Å². The molecule has 0 bridgehead atoms. The van der Waals surface area contributed by atoms with Gasteiger partial charge in [-0.15, -0.1) is 0 Å². The highest BCUT2D eigenvalue weighted by Gasteiger charge is 2.31. The van der Waals surface area contributed by atoms with Gasteiger partial charge < -0.3 is 19.6 Å². The summed E-state index contributed by atoms with van der Waals surface area (Å²) in [5, 5.41) is 3.44. The number of hydrogen-bond acceptors (Lipinski definition) is 3. The number of carbonyl (C=O) groups excluding carboxylic acids is 1. The number of aromatic amines is 1. The SMILES string of the molecule is CN(C(=O)c1cc2cc(F)ccn2c1)[C@@H]1CNCc2[nH]c(=O)c3cc(F)c(F)cc3c21. The Bertz CT molecular complexity index is 1430. The number of nitrogens with one attached hydrogen (secondary N) is 2. The zero-order valence-corrected chi connectivity index (χ0v) is 16.4. The number of likely N-dealkylation sites (N-methyl/N-ethyl adjacent to an activating group) is 1. The molecule has 0 radical (unpaired) electrons. The van der Waals surface area contributed by atoms with E-state index in [-0.39, 0.29) is 16.7 Å². The van der Waals surface area contributed by atoms with Crippen molar-refractivity contribution < 1.29 is 18.0 Å². The molecule has 6 nitrogen and oxygen atoms in total. The summed E-state index contributed by atoms with van der Waals surface area (Å²) in [6.07, 6.45) is 3.12. The first-order chi connectivity index (χ1) is 14.8. The summed E-state index contributed by atoms with van der Waals surface area (Å²) in [6.45, 7) is 0.685. The Kier molecular flexibility index (Phi) is 4.37. The van der Waals surface area contributed by atoms with E-state index in [0.29, 0.717) is 35.4 Å². The van der Waals surface area contributed by atoms with E-state index in [0.717, 1.165) is 12.1 Å². The van der Waals surface area contributed by atoms with E-state index in [9.17, 15) is 22.8 Å². The van der Waals surface area contributed by atoms with Crippen LogP contribution in [-0.4, -0.2) is 33.8 Å². The van der Waals surface area contributed by atoms with E-state index < -0.39 is 29.1 Å². The molecule has 0 saturated heterocycles. The molecule has 3 aromatic heterocycles. The molecule has 0 unspecified atom stereocenters. The topological polar surface area (TPSA) is 69.6 Å². The maximum Gasteiger partial charge on any atom is 0.256 e. The van der Waals surface area contributed by atoms with Crippen molar-refractivity contribution in [2.24, 2.45) is 0 Å². The number of fused-ring (bicyclic) bond motifs is 4. The molecule has 0 fully saturated rings. The molecule has 0 spiro atoms. The summed E-state index contributed by atoms with van der Waals surface area (Å²) < 4.78 is 42.9. The number of amides is 1. The third-order valence-corrected chi connectivity index (χ3v) is 5.75. The van der Waals surface area contributed by atoms with Crippen molar-refractivity contribution in [1.82, 2.24) is 19.6 Å². The van der Waals surface area contributed by atoms with Crippen LogP contribution in [0.1, 0.15) is 27.7 Å². The van der Waals surface area contributed by atoms with Crippen LogP contribution in [0.25, 0.3) is 16.3 Å². The Morgan fingerprint density at radius 3 is 2.65 bits per heavy atom. The standard InChI is InChI=1S/C22H17F3N4O2/c1-28(22(31)11-4-13-5-12(23)2-3-29(13)10-11)19-9-26-8-18-20(19)14-6-16(24)17(25)7-15(14)21(30)27-18/h2-7,10,19,26H,8-9H2,1H3,(H,27,30)/t19-/m1/s1. The molecule has 5 rings (SSSR count). The van der Waals surface area contributed by atoms with E-state index in [1.807, 2.05) is 0 Å². The largest absolute Gasteiger partial charge is 0.333 e. The number of aromatic nitrogens is 2. The lowest BCUT2D eigenvalue weighted by Gasteiger charge is -2.34. The second-order valence-electron chi connectivity index (χ2n) is 7.63. The Morgan fingerprint density at radius 2 is 1.87 bits per heavy atom. The molecule has 0 saturated carbocycles. The molecule has 2 N–H and O–H groups in total. The summed E-state index contributed by atoms with van der Waals surface area (Å²) >= 11 is 0. The molecule has 1 aliphatic heterocycles. The maximum atomic E-state index is 14.0. The summed E-state index contributed by atoms with van der Waals surface area (Å²) in [7, 11) is 1.60. The van der Waals surface area contributed by atoms with Gasteiger partial charge >= 0.3 is 0 Å². The number of carbonyl (C=O) groups is 1. The lowest BCUT2D eigenvalue weighted by Crippen LogP contribution is -2.42. The van der Waals surface area contributed by atoms with Crippen molar-refractivity contribution in [2.75, 3.05) is 13.6 Å². The van der Waals surface area contributed by atoms with Crippen LogP contribution >= 0.6 is 0 Å². The van der Waals surface area contributed by atoms with Crippen molar-refractivity contribution >= 4 is 22.2 Å². The average molecular weight is 426 g/mol. The van der Waals surface area contributed by atoms with Crippen molar-refractivity contribution in [3.8, 4) is 0 Å². The number of H-pyrrole nitrogens is 1. The summed E-state index contributed by atoms with van der Waals surface area (Å²) in [4.78, 5) is 29.8. The molecule has 31 heavy (non-hydrogen) atoms. The first-order valence-corrected chi connectivity index (χ1v) is 9.62. The fourth-order valence-electron chi connectivity index (χ4n) is 4.22. The van der Waals surface area contributed by atoms with E-state index in [1.54, 1.807) is 23.7 Å². The van der Waals surface area contributed by atoms with Crippen LogP contribution < -0.4 is 10.9 Å². The van der Waals surface area contributed by atoms with Crippen LogP contribution in [0, 0.1) is 17.5 Å². The predicted molar refractivity (Wildman–Crippen MR) is 108 cm³/mol. The average Bonchev–Trinajstić information content (AvgIpc) is 3.17. The summed E-state index contributed by atoms with van der Waals surface area (Å²) in [5.41, 5.74) is 1.45. The van der Waals surface area contributed by atoms with Gasteiger partial charge in [0.1, 0.15) is 5.82 Å². The maximum absolute atomic E-state index is 14.0. The van der Waals surface area contributed by atoms with E-state index in [1.165, 1.54) is 23.2 Å². The smallest absolute Gasteiger partial charge is 0.256 e. The predicted octanol–water partition coefficient (Wildman–Crippen LogP) is 3.11. The minimum Gasteiger partial charge on any atom is -0.333 e. The molecule has 0 aliphatic carbocycles. The lowest BCUT2D eigenvalue weighted by atomic mass is 9.93. The third kappa shape index (κ3) is 3.09. The van der Waals surface area contributed by atoms with Crippen LogP contribution in [0.2, 0.25) is 0 Å². The van der Waals surface area contributed by atoms with Gasteiger partial charge in [-0.3, -0.25) is 9.59 Å². The molecular weight excluding hydrogens is 409 g/mol. The third-order valence-electron chi connectivity index (χ3n) is 5.75. The molecule has 9 heteroatoms. The van der Waals surface area contributed by atoms with Gasteiger partial charge in [-0.2, -0.15) is 0 Å². The quantitative estimate of drug-likeness (QED) is 0.518. The van der Waals surface area contributed by atoms with Crippen LogP contribution in [0.4, 0.5) is 13.2 Å². The molecule has 4 heterocycles. The van der Waals surface area contributed by atoms with Crippen LogP contribution in [0.3, 0.4) is 0 Å². The van der Waals surface area contributed by atoms with Crippen molar-refractivity contribution in [2.45, 2.75) is 12.6 Å². The van der Waals surface area contributed by atoms with Crippen molar-refractivity contribution in [3.63, 3.8) is 0 Å². The fourth-order valence-corrected chi connectivity index (χ4v) is 4.22. The van der Waals surface area contributed by atoms with E-state index >= 15 is 0 Å². The Morgan fingerprint density at radius 1 is 1.13 bits per heavy atom. The Labute approximate surface area is 173 Å². The van der Waals surface area contributed by atoms with Gasteiger partial charge in [0.2, 0.25) is 0 Å². The van der Waals surface area contributed by atoms with Gasteiger partial charge in [-0.1, -0.05) is 0 Å². The minimum absolute atomic E-state index is 0.0236.